The highest BCUT2D eigenvalue weighted by Crippen LogP contribution is 2.35. The van der Waals surface area contributed by atoms with Crippen LogP contribution in [0.1, 0.15) is 31.2 Å². The number of hydrogen-bond acceptors (Lipinski definition) is 2. The van der Waals surface area contributed by atoms with E-state index in [1.807, 2.05) is 24.3 Å². The third-order valence-electron chi connectivity index (χ3n) is 5.18. The van der Waals surface area contributed by atoms with E-state index in [9.17, 15) is 9.50 Å². The Labute approximate surface area is 152 Å². The smallest absolute Gasteiger partial charge is 0.271 e. The lowest BCUT2D eigenvalue weighted by atomic mass is 10.0. The average molecular weight is 360 g/mol. The number of rotatable bonds is 2. The fraction of sp³-hybridized carbons (Fsp3) is 0.350. The number of β-amino-alcohol motifs (C(OH)–C–C–N with tert-alkyl or cyclic N) is 1. The van der Waals surface area contributed by atoms with Crippen LogP contribution in [0.15, 0.2) is 48.5 Å². The van der Waals surface area contributed by atoms with Gasteiger partial charge in [-0.25, -0.2) is 13.9 Å². The molecule has 0 spiro atoms. The van der Waals surface area contributed by atoms with Crippen LogP contribution in [0, 0.1) is 5.82 Å². The molecule has 4 rings (SSSR count). The van der Waals surface area contributed by atoms with Gasteiger partial charge in [0.2, 0.25) is 0 Å². The summed E-state index contributed by atoms with van der Waals surface area (Å²) < 4.78 is 15.5. The second-order valence-corrected chi connectivity index (χ2v) is 7.20. The van der Waals surface area contributed by atoms with Crippen LogP contribution in [0.5, 0.6) is 0 Å². The minimum atomic E-state index is -1.15. The molecule has 2 aromatic carbocycles. The molecule has 1 atom stereocenters. The fourth-order valence-electron chi connectivity index (χ4n) is 3.90. The standard InChI is InChI=1S/C20H21ClFN2O/c21-16-7-11-18(12-8-16)23-14-20(25,15-5-9-17(22)10-6-15)24-13-3-1-2-4-19(23)24/h5-12,25H,1-4,13-14H2/q+1/t20-/m1/s1. The van der Waals surface area contributed by atoms with E-state index in [4.69, 9.17) is 11.6 Å². The Hall–Kier alpha value is -1.91. The summed E-state index contributed by atoms with van der Waals surface area (Å²) in [4.78, 5) is 2.17. The predicted molar refractivity (Wildman–Crippen MR) is 97.7 cm³/mol. The Morgan fingerprint density at radius 3 is 2.44 bits per heavy atom. The number of nitrogens with zero attached hydrogens (tertiary/aromatic N) is 2. The molecule has 1 N–H and O–H groups in total. The molecule has 2 aliphatic heterocycles. The maximum absolute atomic E-state index is 13.4. The minimum absolute atomic E-state index is 0.292. The normalized spacial score (nSPS) is 23.6. The molecule has 3 nitrogen and oxygen atoms in total. The monoisotopic (exact) mass is 359 g/mol. The van der Waals surface area contributed by atoms with Gasteiger partial charge in [0.1, 0.15) is 11.5 Å². The van der Waals surface area contributed by atoms with E-state index in [1.54, 1.807) is 12.1 Å². The summed E-state index contributed by atoms with van der Waals surface area (Å²) in [5, 5.41) is 12.3. The number of anilines is 1. The summed E-state index contributed by atoms with van der Waals surface area (Å²) >= 11 is 6.03. The van der Waals surface area contributed by atoms with Gasteiger partial charge in [-0.3, -0.25) is 0 Å². The highest BCUT2D eigenvalue weighted by atomic mass is 35.5. The summed E-state index contributed by atoms with van der Waals surface area (Å²) in [6.07, 6.45) is 4.22. The van der Waals surface area contributed by atoms with Gasteiger partial charge in [0, 0.05) is 17.0 Å². The SMILES string of the molecule is O[C@@]1(c2ccc(F)cc2)CN(c2ccc(Cl)cc2)C2=[N+]1CCCCC2. The van der Waals surface area contributed by atoms with Gasteiger partial charge in [-0.05, 0) is 67.8 Å². The third kappa shape index (κ3) is 2.94. The Kier molecular flexibility index (Phi) is 4.26. The van der Waals surface area contributed by atoms with Crippen LogP contribution in [-0.2, 0) is 5.72 Å². The van der Waals surface area contributed by atoms with Crippen molar-refractivity contribution in [1.82, 2.24) is 0 Å². The molecular weight excluding hydrogens is 339 g/mol. The highest BCUT2D eigenvalue weighted by Gasteiger charge is 2.51. The lowest BCUT2D eigenvalue weighted by Gasteiger charge is -2.23. The van der Waals surface area contributed by atoms with Crippen molar-refractivity contribution in [3.05, 3.63) is 64.9 Å². The maximum atomic E-state index is 13.4. The first-order chi connectivity index (χ1) is 12.1. The molecule has 5 heteroatoms. The molecule has 2 heterocycles. The van der Waals surface area contributed by atoms with Crippen molar-refractivity contribution < 1.29 is 14.1 Å². The van der Waals surface area contributed by atoms with E-state index < -0.39 is 5.72 Å². The van der Waals surface area contributed by atoms with Crippen molar-refractivity contribution in [3.63, 3.8) is 0 Å². The third-order valence-corrected chi connectivity index (χ3v) is 5.43. The Morgan fingerprint density at radius 1 is 1.00 bits per heavy atom. The highest BCUT2D eigenvalue weighted by molar-refractivity contribution is 6.30. The fourth-order valence-corrected chi connectivity index (χ4v) is 4.02. The quantitative estimate of drug-likeness (QED) is 0.816. The summed E-state index contributed by atoms with van der Waals surface area (Å²) in [5.41, 5.74) is 0.599. The minimum Gasteiger partial charge on any atom is -0.346 e. The van der Waals surface area contributed by atoms with Gasteiger partial charge in [0.25, 0.3) is 11.6 Å². The molecule has 0 aromatic heterocycles. The molecule has 0 saturated carbocycles. The van der Waals surface area contributed by atoms with Gasteiger partial charge in [-0.2, -0.15) is 0 Å². The number of amidine groups is 1. The molecule has 2 aromatic rings. The summed E-state index contributed by atoms with van der Waals surface area (Å²) in [5.74, 6) is 0.839. The van der Waals surface area contributed by atoms with Gasteiger partial charge in [-0.15, -0.1) is 0 Å². The van der Waals surface area contributed by atoms with Gasteiger partial charge in [0.05, 0.1) is 6.54 Å². The zero-order valence-electron chi connectivity index (χ0n) is 14.0. The van der Waals surface area contributed by atoms with E-state index in [0.717, 1.165) is 49.3 Å². The molecule has 130 valence electrons. The van der Waals surface area contributed by atoms with Crippen molar-refractivity contribution in [2.24, 2.45) is 0 Å². The first-order valence-electron chi connectivity index (χ1n) is 8.73. The molecule has 25 heavy (non-hydrogen) atoms. The lowest BCUT2D eigenvalue weighted by Crippen LogP contribution is -2.41. The molecule has 0 fully saturated rings. The van der Waals surface area contributed by atoms with E-state index >= 15 is 0 Å². The van der Waals surface area contributed by atoms with Crippen molar-refractivity contribution >= 4 is 23.1 Å². The van der Waals surface area contributed by atoms with Gasteiger partial charge in [-0.1, -0.05) is 11.6 Å². The second-order valence-electron chi connectivity index (χ2n) is 6.76. The van der Waals surface area contributed by atoms with Crippen LogP contribution in [0.25, 0.3) is 0 Å². The van der Waals surface area contributed by atoms with Crippen LogP contribution < -0.4 is 4.90 Å². The average Bonchev–Trinajstić information content (AvgIpc) is 2.78. The first kappa shape index (κ1) is 16.6. The maximum Gasteiger partial charge on any atom is 0.271 e. The molecule has 0 saturated heterocycles. The molecule has 0 radical (unpaired) electrons. The van der Waals surface area contributed by atoms with Gasteiger partial charge in [0.15, 0.2) is 6.54 Å². The summed E-state index contributed by atoms with van der Waals surface area (Å²) in [6.45, 7) is 1.23. The van der Waals surface area contributed by atoms with Crippen molar-refractivity contribution in [2.75, 3.05) is 18.0 Å². The van der Waals surface area contributed by atoms with Crippen LogP contribution >= 0.6 is 11.6 Å². The molecular formula is C20H21ClFN2O+. The van der Waals surface area contributed by atoms with Crippen molar-refractivity contribution in [2.45, 2.75) is 31.4 Å². The van der Waals surface area contributed by atoms with Gasteiger partial charge < -0.3 is 5.11 Å². The molecule has 0 unspecified atom stereocenters. The first-order valence-corrected chi connectivity index (χ1v) is 9.11. The van der Waals surface area contributed by atoms with E-state index in [-0.39, 0.29) is 5.82 Å². The van der Waals surface area contributed by atoms with Crippen LogP contribution in [0.4, 0.5) is 10.1 Å². The second kappa shape index (κ2) is 6.43. The molecule has 0 bridgehead atoms. The topological polar surface area (TPSA) is 26.5 Å². The largest absolute Gasteiger partial charge is 0.346 e. The number of aliphatic hydroxyl groups is 1. The van der Waals surface area contributed by atoms with Crippen LogP contribution in [0.3, 0.4) is 0 Å². The number of benzene rings is 2. The van der Waals surface area contributed by atoms with Crippen molar-refractivity contribution in [1.29, 1.82) is 0 Å². The van der Waals surface area contributed by atoms with Crippen molar-refractivity contribution in [3.8, 4) is 0 Å². The molecule has 2 aliphatic rings. The van der Waals surface area contributed by atoms with E-state index in [1.165, 1.54) is 12.1 Å². The summed E-state index contributed by atoms with van der Waals surface area (Å²) in [6, 6.07) is 13.9. The Bertz CT molecular complexity index is 803. The lowest BCUT2D eigenvalue weighted by molar-refractivity contribution is -0.658. The molecule has 0 amide bonds. The summed E-state index contributed by atoms with van der Waals surface area (Å²) in [7, 11) is 0. The van der Waals surface area contributed by atoms with Crippen LogP contribution in [0.2, 0.25) is 5.02 Å². The van der Waals surface area contributed by atoms with E-state index in [0.29, 0.717) is 11.6 Å². The van der Waals surface area contributed by atoms with Gasteiger partial charge >= 0.3 is 0 Å². The Balaban J connectivity index is 1.79. The number of hydrogen-bond donors (Lipinski definition) is 1. The number of halogens is 2. The van der Waals surface area contributed by atoms with E-state index in [2.05, 4.69) is 9.48 Å². The molecule has 0 aliphatic carbocycles. The zero-order valence-corrected chi connectivity index (χ0v) is 14.7. The Morgan fingerprint density at radius 2 is 1.72 bits per heavy atom. The predicted octanol–water partition coefficient (Wildman–Crippen LogP) is 4.13. The zero-order chi connectivity index (χ0) is 17.4. The van der Waals surface area contributed by atoms with Crippen LogP contribution in [-0.4, -0.2) is 28.6 Å².